The summed E-state index contributed by atoms with van der Waals surface area (Å²) in [6, 6.07) is 5.13. The Morgan fingerprint density at radius 2 is 2.35 bits per heavy atom. The zero-order chi connectivity index (χ0) is 12.3. The maximum Gasteiger partial charge on any atom is 0.137 e. The van der Waals surface area contributed by atoms with Crippen LogP contribution in [-0.2, 0) is 4.74 Å². The molecule has 0 amide bonds. The summed E-state index contributed by atoms with van der Waals surface area (Å²) in [5, 5.41) is 3.35. The Morgan fingerprint density at radius 3 is 3.06 bits per heavy atom. The van der Waals surface area contributed by atoms with E-state index in [2.05, 4.69) is 28.2 Å². The van der Waals surface area contributed by atoms with Gasteiger partial charge in [-0.3, -0.25) is 0 Å². The van der Waals surface area contributed by atoms with E-state index in [1.807, 2.05) is 12.1 Å². The van der Waals surface area contributed by atoms with Crippen LogP contribution >= 0.6 is 15.9 Å². The van der Waals surface area contributed by atoms with Crippen molar-refractivity contribution < 1.29 is 9.13 Å². The Kier molecular flexibility index (Phi) is 4.54. The molecule has 1 aromatic carbocycles. The van der Waals surface area contributed by atoms with E-state index in [-0.39, 0.29) is 11.9 Å². The van der Waals surface area contributed by atoms with Crippen LogP contribution in [0.4, 0.5) is 4.39 Å². The highest BCUT2D eigenvalue weighted by atomic mass is 79.9. The van der Waals surface area contributed by atoms with Gasteiger partial charge in [-0.25, -0.2) is 4.39 Å². The number of halogens is 2. The molecule has 17 heavy (non-hydrogen) atoms. The van der Waals surface area contributed by atoms with E-state index < -0.39 is 0 Å². The van der Waals surface area contributed by atoms with Crippen LogP contribution in [0.3, 0.4) is 0 Å². The number of hydrogen-bond acceptors (Lipinski definition) is 2. The van der Waals surface area contributed by atoms with Crippen molar-refractivity contribution in [2.24, 2.45) is 5.92 Å². The van der Waals surface area contributed by atoms with Gasteiger partial charge in [0, 0.05) is 19.1 Å². The van der Waals surface area contributed by atoms with Crippen LogP contribution < -0.4 is 5.32 Å². The summed E-state index contributed by atoms with van der Waals surface area (Å²) in [5.41, 5.74) is 1.05. The van der Waals surface area contributed by atoms with Crippen LogP contribution in [0.15, 0.2) is 22.7 Å². The van der Waals surface area contributed by atoms with Crippen molar-refractivity contribution in [2.75, 3.05) is 19.7 Å². The van der Waals surface area contributed by atoms with Crippen LogP contribution in [-0.4, -0.2) is 19.7 Å². The molecule has 1 fully saturated rings. The Hall–Kier alpha value is -0.450. The first-order valence-corrected chi connectivity index (χ1v) is 6.79. The van der Waals surface area contributed by atoms with E-state index in [1.165, 1.54) is 6.07 Å². The summed E-state index contributed by atoms with van der Waals surface area (Å²) in [5.74, 6) is 0.252. The molecule has 1 heterocycles. The Morgan fingerprint density at radius 1 is 1.53 bits per heavy atom. The lowest BCUT2D eigenvalue weighted by Gasteiger charge is -2.19. The molecule has 2 rings (SSSR count). The monoisotopic (exact) mass is 301 g/mol. The quantitative estimate of drug-likeness (QED) is 0.921. The first kappa shape index (κ1) is 13.0. The molecule has 2 nitrogen and oxygen atoms in total. The molecule has 0 aliphatic carbocycles. The molecular formula is C13H17BrFNO. The molecule has 1 N–H and O–H groups in total. The number of hydrogen-bond donors (Lipinski definition) is 1. The molecule has 2 unspecified atom stereocenters. The van der Waals surface area contributed by atoms with E-state index in [9.17, 15) is 4.39 Å². The first-order chi connectivity index (χ1) is 8.22. The second-order valence-electron chi connectivity index (χ2n) is 4.32. The molecule has 4 heteroatoms. The fraction of sp³-hybridized carbons (Fsp3) is 0.538. The summed E-state index contributed by atoms with van der Waals surface area (Å²) >= 11 is 3.22. The molecular weight excluding hydrogens is 285 g/mol. The van der Waals surface area contributed by atoms with Gasteiger partial charge in [-0.1, -0.05) is 13.0 Å². The summed E-state index contributed by atoms with van der Waals surface area (Å²) in [4.78, 5) is 0. The largest absolute Gasteiger partial charge is 0.373 e. The fourth-order valence-electron chi connectivity index (χ4n) is 2.23. The highest BCUT2D eigenvalue weighted by Gasteiger charge is 2.29. The molecule has 0 saturated carbocycles. The normalized spacial score (nSPS) is 24.2. The van der Waals surface area contributed by atoms with Crippen LogP contribution in [0.25, 0.3) is 0 Å². The Balaban J connectivity index is 2.11. The zero-order valence-electron chi connectivity index (χ0n) is 9.88. The maximum atomic E-state index is 13.2. The topological polar surface area (TPSA) is 21.3 Å². The van der Waals surface area contributed by atoms with Gasteiger partial charge in [0.25, 0.3) is 0 Å². The average molecular weight is 302 g/mol. The standard InChI is InChI=1S/C13H17BrFNO/c1-2-16-8-10-5-6-17-13(10)9-3-4-12(15)11(14)7-9/h3-4,7,10,13,16H,2,5-6,8H2,1H3. The van der Waals surface area contributed by atoms with Gasteiger partial charge in [0.2, 0.25) is 0 Å². The van der Waals surface area contributed by atoms with Gasteiger partial charge in [-0.2, -0.15) is 0 Å². The summed E-state index contributed by atoms with van der Waals surface area (Å²) in [6.45, 7) is 4.81. The lowest BCUT2D eigenvalue weighted by molar-refractivity contribution is 0.0905. The van der Waals surface area contributed by atoms with Crippen molar-refractivity contribution in [3.63, 3.8) is 0 Å². The van der Waals surface area contributed by atoms with Crippen molar-refractivity contribution in [1.82, 2.24) is 5.32 Å². The maximum absolute atomic E-state index is 13.2. The van der Waals surface area contributed by atoms with E-state index in [4.69, 9.17) is 4.74 Å². The second-order valence-corrected chi connectivity index (χ2v) is 5.18. The van der Waals surface area contributed by atoms with Crippen LogP contribution in [0, 0.1) is 11.7 Å². The van der Waals surface area contributed by atoms with Gasteiger partial charge >= 0.3 is 0 Å². The summed E-state index contributed by atoms with van der Waals surface area (Å²) < 4.78 is 19.5. The summed E-state index contributed by atoms with van der Waals surface area (Å²) in [7, 11) is 0. The van der Waals surface area contributed by atoms with Crippen LogP contribution in [0.5, 0.6) is 0 Å². The van der Waals surface area contributed by atoms with Gasteiger partial charge in [0.05, 0.1) is 10.6 Å². The van der Waals surface area contributed by atoms with Crippen molar-refractivity contribution in [3.8, 4) is 0 Å². The van der Waals surface area contributed by atoms with Crippen molar-refractivity contribution in [2.45, 2.75) is 19.4 Å². The van der Waals surface area contributed by atoms with Crippen molar-refractivity contribution >= 4 is 15.9 Å². The SMILES string of the molecule is CCNCC1CCOC1c1ccc(F)c(Br)c1. The minimum atomic E-state index is -0.227. The second kappa shape index (κ2) is 5.94. The molecule has 2 atom stereocenters. The number of rotatable bonds is 4. The van der Waals surface area contributed by atoms with Crippen molar-refractivity contribution in [1.29, 1.82) is 0 Å². The highest BCUT2D eigenvalue weighted by Crippen LogP contribution is 2.35. The van der Waals surface area contributed by atoms with Gasteiger partial charge < -0.3 is 10.1 Å². The van der Waals surface area contributed by atoms with Gasteiger partial charge in [-0.05, 0) is 46.6 Å². The van der Waals surface area contributed by atoms with E-state index in [0.717, 1.165) is 31.7 Å². The average Bonchev–Trinajstić information content (AvgIpc) is 2.78. The molecule has 1 aliphatic rings. The minimum Gasteiger partial charge on any atom is -0.373 e. The van der Waals surface area contributed by atoms with Gasteiger partial charge in [0.15, 0.2) is 0 Å². The minimum absolute atomic E-state index is 0.0888. The van der Waals surface area contributed by atoms with Crippen LogP contribution in [0.1, 0.15) is 25.0 Å². The molecule has 0 bridgehead atoms. The third-order valence-corrected chi connectivity index (χ3v) is 3.75. The third kappa shape index (κ3) is 3.06. The molecule has 1 aliphatic heterocycles. The smallest absolute Gasteiger partial charge is 0.137 e. The van der Waals surface area contributed by atoms with E-state index >= 15 is 0 Å². The van der Waals surface area contributed by atoms with E-state index in [0.29, 0.717) is 10.4 Å². The lowest BCUT2D eigenvalue weighted by Crippen LogP contribution is -2.24. The van der Waals surface area contributed by atoms with Gasteiger partial charge in [-0.15, -0.1) is 0 Å². The summed E-state index contributed by atoms with van der Waals surface area (Å²) in [6.07, 6.45) is 1.15. The molecule has 1 saturated heterocycles. The fourth-order valence-corrected chi connectivity index (χ4v) is 2.63. The molecule has 0 spiro atoms. The zero-order valence-corrected chi connectivity index (χ0v) is 11.5. The molecule has 0 aromatic heterocycles. The highest BCUT2D eigenvalue weighted by molar-refractivity contribution is 9.10. The number of ether oxygens (including phenoxy) is 1. The Labute approximate surface area is 110 Å². The predicted molar refractivity (Wildman–Crippen MR) is 69.4 cm³/mol. The van der Waals surface area contributed by atoms with E-state index in [1.54, 1.807) is 0 Å². The number of nitrogens with one attached hydrogen (secondary N) is 1. The third-order valence-electron chi connectivity index (χ3n) is 3.14. The van der Waals surface area contributed by atoms with Gasteiger partial charge in [0.1, 0.15) is 5.82 Å². The van der Waals surface area contributed by atoms with Crippen LogP contribution in [0.2, 0.25) is 0 Å². The van der Waals surface area contributed by atoms with Crippen molar-refractivity contribution in [3.05, 3.63) is 34.1 Å². The molecule has 94 valence electrons. The first-order valence-electron chi connectivity index (χ1n) is 5.99. The predicted octanol–water partition coefficient (Wildman–Crippen LogP) is 3.28. The lowest BCUT2D eigenvalue weighted by atomic mass is 9.95. The number of benzene rings is 1. The molecule has 1 aromatic rings. The Bertz CT molecular complexity index is 386. The molecule has 0 radical (unpaired) electrons.